The number of fused-ring (bicyclic) bond motifs is 1. The second kappa shape index (κ2) is 6.37. The number of nitrogens with one attached hydrogen (secondary N) is 1. The summed E-state index contributed by atoms with van der Waals surface area (Å²) in [6.45, 7) is 0.518. The first kappa shape index (κ1) is 15.5. The van der Waals surface area contributed by atoms with E-state index in [0.29, 0.717) is 17.0 Å². The summed E-state index contributed by atoms with van der Waals surface area (Å²) in [5.74, 6) is 0. The van der Waals surface area contributed by atoms with E-state index in [-0.39, 0.29) is 5.69 Å². The van der Waals surface area contributed by atoms with Crippen LogP contribution >= 0.6 is 11.3 Å². The number of anilines is 1. The Balaban J connectivity index is 1.76. The molecule has 8 heteroatoms. The van der Waals surface area contributed by atoms with Crippen molar-refractivity contribution < 1.29 is 15.0 Å². The number of benzene rings is 2. The zero-order valence-electron chi connectivity index (χ0n) is 12.0. The van der Waals surface area contributed by atoms with Crippen molar-refractivity contribution in [3.8, 4) is 0 Å². The van der Waals surface area contributed by atoms with Gasteiger partial charge >= 0.3 is 7.12 Å². The molecule has 2 aromatic carbocycles. The van der Waals surface area contributed by atoms with Gasteiger partial charge in [-0.25, -0.2) is 0 Å². The molecule has 6 nitrogen and oxygen atoms in total. The van der Waals surface area contributed by atoms with Crippen LogP contribution in [0.3, 0.4) is 0 Å². The minimum absolute atomic E-state index is 0.0462. The summed E-state index contributed by atoms with van der Waals surface area (Å²) in [7, 11) is -1.46. The number of non-ortho nitro benzene ring substituents is 1. The second-order valence-electron chi connectivity index (χ2n) is 5.06. The van der Waals surface area contributed by atoms with Crippen molar-refractivity contribution in [1.29, 1.82) is 0 Å². The van der Waals surface area contributed by atoms with Gasteiger partial charge in [-0.3, -0.25) is 10.1 Å². The lowest BCUT2D eigenvalue weighted by Crippen LogP contribution is -2.26. The molecule has 0 bridgehead atoms. The van der Waals surface area contributed by atoms with Gasteiger partial charge in [-0.05, 0) is 35.2 Å². The van der Waals surface area contributed by atoms with Crippen molar-refractivity contribution in [3.05, 3.63) is 64.2 Å². The van der Waals surface area contributed by atoms with E-state index < -0.39 is 12.0 Å². The predicted molar refractivity (Wildman–Crippen MR) is 92.1 cm³/mol. The van der Waals surface area contributed by atoms with E-state index in [9.17, 15) is 20.2 Å². The molecule has 3 aromatic rings. The van der Waals surface area contributed by atoms with Gasteiger partial charge in [0.1, 0.15) is 0 Å². The van der Waals surface area contributed by atoms with Crippen LogP contribution in [0.2, 0.25) is 0 Å². The quantitative estimate of drug-likeness (QED) is 0.379. The molecule has 1 heterocycles. The lowest BCUT2D eigenvalue weighted by molar-refractivity contribution is -0.384. The molecule has 0 aliphatic rings. The van der Waals surface area contributed by atoms with Crippen LogP contribution in [0.5, 0.6) is 0 Å². The van der Waals surface area contributed by atoms with Crippen LogP contribution in [0.4, 0.5) is 11.4 Å². The van der Waals surface area contributed by atoms with Crippen molar-refractivity contribution in [1.82, 2.24) is 0 Å². The topological polar surface area (TPSA) is 95.6 Å². The third-order valence-electron chi connectivity index (χ3n) is 3.41. The van der Waals surface area contributed by atoms with Crippen molar-refractivity contribution in [2.24, 2.45) is 0 Å². The maximum absolute atomic E-state index is 10.8. The standard InChI is InChI=1S/C15H13BN2O4S/c19-16(20)15-7-11-6-10(4-5-14(11)23-15)9-17-12-2-1-3-13(8-12)18(21)22/h1-8,17,19-20H,9H2. The predicted octanol–water partition coefficient (Wildman–Crippen LogP) is 2.10. The van der Waals surface area contributed by atoms with E-state index in [1.807, 2.05) is 18.2 Å². The summed E-state index contributed by atoms with van der Waals surface area (Å²) in [4.78, 5) is 10.3. The number of rotatable bonds is 5. The van der Waals surface area contributed by atoms with Crippen molar-refractivity contribution in [3.63, 3.8) is 0 Å². The fourth-order valence-corrected chi connectivity index (χ4v) is 3.20. The SMILES string of the molecule is O=[N+]([O-])c1cccc(NCc2ccc3sc(B(O)O)cc3c2)c1. The molecule has 0 unspecified atom stereocenters. The van der Waals surface area contributed by atoms with Crippen LogP contribution in [0.25, 0.3) is 10.1 Å². The molecule has 23 heavy (non-hydrogen) atoms. The Morgan fingerprint density at radius 1 is 1.17 bits per heavy atom. The van der Waals surface area contributed by atoms with E-state index in [4.69, 9.17) is 0 Å². The largest absolute Gasteiger partial charge is 0.499 e. The van der Waals surface area contributed by atoms with Gasteiger partial charge in [0.05, 0.1) is 4.92 Å². The molecule has 0 amide bonds. The van der Waals surface area contributed by atoms with E-state index in [1.165, 1.54) is 23.5 Å². The minimum atomic E-state index is -1.46. The Bertz CT molecular complexity index is 866. The summed E-state index contributed by atoms with van der Waals surface area (Å²) in [6, 6.07) is 13.9. The molecule has 0 aliphatic carbocycles. The normalized spacial score (nSPS) is 10.7. The lowest BCUT2D eigenvalue weighted by atomic mass is 9.89. The molecule has 0 aliphatic heterocycles. The molecular weight excluding hydrogens is 315 g/mol. The summed E-state index contributed by atoms with van der Waals surface area (Å²) in [5.41, 5.74) is 1.72. The molecule has 0 saturated carbocycles. The zero-order chi connectivity index (χ0) is 16.4. The average molecular weight is 328 g/mol. The highest BCUT2D eigenvalue weighted by atomic mass is 32.1. The number of nitro groups is 1. The maximum atomic E-state index is 10.8. The lowest BCUT2D eigenvalue weighted by Gasteiger charge is -2.06. The molecule has 0 atom stereocenters. The van der Waals surface area contributed by atoms with Crippen LogP contribution in [0, 0.1) is 10.1 Å². The van der Waals surface area contributed by atoms with Crippen LogP contribution in [0.1, 0.15) is 5.56 Å². The Kier molecular flexibility index (Phi) is 4.29. The zero-order valence-corrected chi connectivity index (χ0v) is 12.8. The van der Waals surface area contributed by atoms with Gasteiger partial charge in [-0.2, -0.15) is 0 Å². The number of nitro benzene ring substituents is 1. The van der Waals surface area contributed by atoms with Crippen molar-refractivity contribution >= 4 is 44.7 Å². The first-order valence-electron chi connectivity index (χ1n) is 6.90. The highest BCUT2D eigenvalue weighted by Crippen LogP contribution is 2.22. The van der Waals surface area contributed by atoms with Crippen LogP contribution in [0.15, 0.2) is 48.5 Å². The summed E-state index contributed by atoms with van der Waals surface area (Å²) in [5, 5.41) is 33.3. The summed E-state index contributed by atoms with van der Waals surface area (Å²) >= 11 is 1.34. The fourth-order valence-electron chi connectivity index (χ4n) is 2.28. The van der Waals surface area contributed by atoms with Gasteiger partial charge in [0.2, 0.25) is 0 Å². The Hall–Kier alpha value is -2.42. The molecule has 1 aromatic heterocycles. The molecular formula is C15H13BN2O4S. The van der Waals surface area contributed by atoms with E-state index in [1.54, 1.807) is 18.2 Å². The van der Waals surface area contributed by atoms with Gasteiger partial charge < -0.3 is 15.4 Å². The van der Waals surface area contributed by atoms with E-state index in [2.05, 4.69) is 5.32 Å². The Morgan fingerprint density at radius 3 is 2.74 bits per heavy atom. The van der Waals surface area contributed by atoms with E-state index >= 15 is 0 Å². The maximum Gasteiger partial charge on any atom is 0.499 e. The first-order chi connectivity index (χ1) is 11.0. The van der Waals surface area contributed by atoms with Gasteiger partial charge in [0.15, 0.2) is 0 Å². The Labute approximate surface area is 136 Å². The van der Waals surface area contributed by atoms with Gasteiger partial charge in [-0.1, -0.05) is 12.1 Å². The smallest absolute Gasteiger partial charge is 0.423 e. The fraction of sp³-hybridized carbons (Fsp3) is 0.0667. The van der Waals surface area contributed by atoms with Crippen LogP contribution in [-0.4, -0.2) is 22.1 Å². The first-order valence-corrected chi connectivity index (χ1v) is 7.71. The number of hydrogen-bond donors (Lipinski definition) is 3. The highest BCUT2D eigenvalue weighted by Gasteiger charge is 2.14. The van der Waals surface area contributed by atoms with E-state index in [0.717, 1.165) is 15.6 Å². The third kappa shape index (κ3) is 3.50. The van der Waals surface area contributed by atoms with Gasteiger partial charge in [0, 0.05) is 33.8 Å². The second-order valence-corrected chi connectivity index (χ2v) is 6.17. The number of thiophene rings is 1. The van der Waals surface area contributed by atoms with Crippen LogP contribution < -0.4 is 10.1 Å². The molecule has 3 rings (SSSR count). The molecule has 0 radical (unpaired) electrons. The average Bonchev–Trinajstić information content (AvgIpc) is 2.96. The highest BCUT2D eigenvalue weighted by molar-refractivity contribution is 7.27. The monoisotopic (exact) mass is 328 g/mol. The number of nitrogens with zero attached hydrogens (tertiary/aromatic N) is 1. The molecule has 0 saturated heterocycles. The molecule has 0 fully saturated rings. The Morgan fingerprint density at radius 2 is 2.00 bits per heavy atom. The van der Waals surface area contributed by atoms with Crippen molar-refractivity contribution in [2.45, 2.75) is 6.54 Å². The van der Waals surface area contributed by atoms with Gasteiger partial charge in [-0.15, -0.1) is 11.3 Å². The summed E-state index contributed by atoms with van der Waals surface area (Å²) < 4.78 is 1.48. The summed E-state index contributed by atoms with van der Waals surface area (Å²) in [6.07, 6.45) is 0. The molecule has 3 N–H and O–H groups in total. The number of hydrogen-bond acceptors (Lipinski definition) is 6. The van der Waals surface area contributed by atoms with Crippen LogP contribution in [-0.2, 0) is 6.54 Å². The molecule has 0 spiro atoms. The van der Waals surface area contributed by atoms with Crippen molar-refractivity contribution in [2.75, 3.05) is 5.32 Å². The van der Waals surface area contributed by atoms with Gasteiger partial charge in [0.25, 0.3) is 5.69 Å². The molecule has 116 valence electrons. The minimum Gasteiger partial charge on any atom is -0.423 e. The third-order valence-corrected chi connectivity index (χ3v) is 4.56.